The van der Waals surface area contributed by atoms with Crippen LogP contribution in [0.5, 0.6) is 0 Å². The molecule has 0 aliphatic rings. The molecule has 3 aromatic rings. The van der Waals surface area contributed by atoms with Gasteiger partial charge in [0.2, 0.25) is 5.91 Å². The van der Waals surface area contributed by atoms with E-state index in [0.29, 0.717) is 17.9 Å². The number of aromatic nitrogens is 2. The quantitative estimate of drug-likeness (QED) is 0.548. The van der Waals surface area contributed by atoms with Gasteiger partial charge in [0.15, 0.2) is 0 Å². The van der Waals surface area contributed by atoms with Crippen molar-refractivity contribution >= 4 is 17.4 Å². The number of benzene rings is 1. The molecule has 3 rings (SSSR count). The highest BCUT2D eigenvalue weighted by Crippen LogP contribution is 2.29. The topological polar surface area (TPSA) is 46.4 Å². The maximum Gasteiger partial charge on any atom is 0.225 e. The van der Waals surface area contributed by atoms with Crippen LogP contribution in [0.25, 0.3) is 16.9 Å². The van der Waals surface area contributed by atoms with E-state index in [1.807, 2.05) is 28.8 Å². The normalized spacial score (nSPS) is 11.0. The predicted molar refractivity (Wildman–Crippen MR) is 103 cm³/mol. The van der Waals surface area contributed by atoms with Crippen LogP contribution in [0.1, 0.15) is 45.4 Å². The molecule has 2 aromatic heterocycles. The SMILES string of the molecule is CCCCCCCC(=O)Nc1c(-c2ccc(F)cc2)nc2ccccn12. The molecule has 1 N–H and O–H groups in total. The van der Waals surface area contributed by atoms with Crippen LogP contribution < -0.4 is 5.32 Å². The summed E-state index contributed by atoms with van der Waals surface area (Å²) < 4.78 is 15.1. The summed E-state index contributed by atoms with van der Waals surface area (Å²) in [6, 6.07) is 11.8. The van der Waals surface area contributed by atoms with Crippen molar-refractivity contribution in [3.05, 3.63) is 54.5 Å². The number of hydrogen-bond donors (Lipinski definition) is 1. The maximum absolute atomic E-state index is 13.3. The van der Waals surface area contributed by atoms with Crippen molar-refractivity contribution in [2.45, 2.75) is 45.4 Å². The minimum Gasteiger partial charge on any atom is -0.310 e. The number of fused-ring (bicyclic) bond motifs is 1. The summed E-state index contributed by atoms with van der Waals surface area (Å²) in [4.78, 5) is 17.0. The third-order valence-corrected chi connectivity index (χ3v) is 4.41. The first-order valence-electron chi connectivity index (χ1n) is 9.22. The molecule has 26 heavy (non-hydrogen) atoms. The third kappa shape index (κ3) is 4.28. The molecule has 0 fully saturated rings. The average molecular weight is 353 g/mol. The first-order valence-corrected chi connectivity index (χ1v) is 9.22. The van der Waals surface area contributed by atoms with Crippen molar-refractivity contribution in [3.63, 3.8) is 0 Å². The third-order valence-electron chi connectivity index (χ3n) is 4.41. The lowest BCUT2D eigenvalue weighted by molar-refractivity contribution is -0.116. The van der Waals surface area contributed by atoms with Gasteiger partial charge >= 0.3 is 0 Å². The molecule has 1 amide bonds. The number of imidazole rings is 1. The Balaban J connectivity index is 1.81. The molecular weight excluding hydrogens is 329 g/mol. The van der Waals surface area contributed by atoms with Gasteiger partial charge in [-0.3, -0.25) is 9.20 Å². The van der Waals surface area contributed by atoms with E-state index in [-0.39, 0.29) is 11.7 Å². The van der Waals surface area contributed by atoms with E-state index in [0.717, 1.165) is 24.1 Å². The fraction of sp³-hybridized carbons (Fsp3) is 0.333. The zero-order valence-electron chi connectivity index (χ0n) is 15.0. The number of pyridine rings is 1. The highest BCUT2D eigenvalue weighted by atomic mass is 19.1. The van der Waals surface area contributed by atoms with E-state index in [1.54, 1.807) is 12.1 Å². The van der Waals surface area contributed by atoms with E-state index in [1.165, 1.54) is 31.4 Å². The van der Waals surface area contributed by atoms with Gasteiger partial charge in [-0.25, -0.2) is 9.37 Å². The van der Waals surface area contributed by atoms with Crippen LogP contribution in [0.2, 0.25) is 0 Å². The minimum absolute atomic E-state index is 0.0180. The first-order chi connectivity index (χ1) is 12.7. The van der Waals surface area contributed by atoms with Crippen molar-refractivity contribution in [2.24, 2.45) is 0 Å². The molecule has 0 bridgehead atoms. The van der Waals surface area contributed by atoms with Gasteiger partial charge in [0.1, 0.15) is 23.0 Å². The summed E-state index contributed by atoms with van der Waals surface area (Å²) in [5.41, 5.74) is 2.16. The van der Waals surface area contributed by atoms with Gasteiger partial charge in [-0.2, -0.15) is 0 Å². The lowest BCUT2D eigenvalue weighted by Gasteiger charge is -2.08. The molecule has 0 saturated heterocycles. The van der Waals surface area contributed by atoms with Gasteiger partial charge in [0.25, 0.3) is 0 Å². The lowest BCUT2D eigenvalue weighted by atomic mass is 10.1. The molecule has 5 heteroatoms. The number of hydrogen-bond acceptors (Lipinski definition) is 2. The molecule has 0 saturated carbocycles. The van der Waals surface area contributed by atoms with Crippen LogP contribution in [0, 0.1) is 5.82 Å². The van der Waals surface area contributed by atoms with E-state index in [2.05, 4.69) is 17.2 Å². The van der Waals surface area contributed by atoms with Crippen LogP contribution in [-0.2, 0) is 4.79 Å². The molecule has 136 valence electrons. The molecule has 0 spiro atoms. The second-order valence-electron chi connectivity index (χ2n) is 6.46. The Labute approximate surface area is 153 Å². The van der Waals surface area contributed by atoms with Crippen LogP contribution in [0.15, 0.2) is 48.7 Å². The Morgan fingerprint density at radius 2 is 1.85 bits per heavy atom. The number of halogens is 1. The van der Waals surface area contributed by atoms with E-state index in [9.17, 15) is 9.18 Å². The summed E-state index contributed by atoms with van der Waals surface area (Å²) >= 11 is 0. The Kier molecular flexibility index (Phi) is 6.00. The Morgan fingerprint density at radius 3 is 2.62 bits per heavy atom. The number of amides is 1. The lowest BCUT2D eigenvalue weighted by Crippen LogP contribution is -2.13. The number of rotatable bonds is 8. The summed E-state index contributed by atoms with van der Waals surface area (Å²) in [5.74, 6) is 0.316. The molecule has 4 nitrogen and oxygen atoms in total. The fourth-order valence-corrected chi connectivity index (χ4v) is 3.01. The van der Waals surface area contributed by atoms with Gasteiger partial charge in [0, 0.05) is 18.2 Å². The second kappa shape index (κ2) is 8.61. The fourth-order valence-electron chi connectivity index (χ4n) is 3.01. The molecule has 1 aromatic carbocycles. The average Bonchev–Trinajstić information content (AvgIpc) is 3.01. The zero-order chi connectivity index (χ0) is 18.4. The summed E-state index contributed by atoms with van der Waals surface area (Å²) in [6.45, 7) is 2.18. The molecule has 0 aliphatic carbocycles. The maximum atomic E-state index is 13.3. The smallest absolute Gasteiger partial charge is 0.225 e. The van der Waals surface area contributed by atoms with Crippen molar-refractivity contribution in [1.82, 2.24) is 9.38 Å². The zero-order valence-corrected chi connectivity index (χ0v) is 15.0. The summed E-state index contributed by atoms with van der Waals surface area (Å²) in [6.07, 6.45) is 7.88. The van der Waals surface area contributed by atoms with E-state index >= 15 is 0 Å². The van der Waals surface area contributed by atoms with E-state index in [4.69, 9.17) is 0 Å². The summed E-state index contributed by atoms with van der Waals surface area (Å²) in [5, 5.41) is 3.01. The van der Waals surface area contributed by atoms with Crippen molar-refractivity contribution in [1.29, 1.82) is 0 Å². The number of nitrogens with zero attached hydrogens (tertiary/aromatic N) is 2. The molecule has 0 radical (unpaired) electrons. The number of carbonyl (C=O) groups is 1. The van der Waals surface area contributed by atoms with Gasteiger partial charge < -0.3 is 5.32 Å². The largest absolute Gasteiger partial charge is 0.310 e. The van der Waals surface area contributed by atoms with Gasteiger partial charge in [0.05, 0.1) is 0 Å². The van der Waals surface area contributed by atoms with Crippen molar-refractivity contribution in [2.75, 3.05) is 5.32 Å². The van der Waals surface area contributed by atoms with Gasteiger partial charge in [-0.1, -0.05) is 38.7 Å². The Hall–Kier alpha value is -2.69. The van der Waals surface area contributed by atoms with Crippen LogP contribution in [0.4, 0.5) is 10.2 Å². The molecular formula is C21H24FN3O. The molecule has 2 heterocycles. The number of carbonyl (C=O) groups excluding carboxylic acids is 1. The monoisotopic (exact) mass is 353 g/mol. The highest BCUT2D eigenvalue weighted by molar-refractivity contribution is 5.94. The molecule has 0 atom stereocenters. The number of unbranched alkanes of at least 4 members (excludes halogenated alkanes) is 4. The number of nitrogens with one attached hydrogen (secondary N) is 1. The summed E-state index contributed by atoms with van der Waals surface area (Å²) in [7, 11) is 0. The molecule has 0 unspecified atom stereocenters. The predicted octanol–water partition coefficient (Wildman–Crippen LogP) is 5.44. The van der Waals surface area contributed by atoms with E-state index < -0.39 is 0 Å². The minimum atomic E-state index is -0.296. The molecule has 0 aliphatic heterocycles. The van der Waals surface area contributed by atoms with Gasteiger partial charge in [-0.05, 0) is 42.8 Å². The van der Waals surface area contributed by atoms with Crippen LogP contribution in [-0.4, -0.2) is 15.3 Å². The first kappa shape index (κ1) is 18.1. The Morgan fingerprint density at radius 1 is 1.08 bits per heavy atom. The van der Waals surface area contributed by atoms with Gasteiger partial charge in [-0.15, -0.1) is 0 Å². The number of anilines is 1. The van der Waals surface area contributed by atoms with Crippen LogP contribution in [0.3, 0.4) is 0 Å². The van der Waals surface area contributed by atoms with Crippen molar-refractivity contribution < 1.29 is 9.18 Å². The standard InChI is InChI=1S/C21H24FN3O/c1-2-3-4-5-6-10-19(26)24-21-20(16-11-13-17(22)14-12-16)23-18-9-7-8-15-25(18)21/h7-9,11-15H,2-6,10H2,1H3,(H,24,26). The Bertz CT molecular complexity index is 871. The van der Waals surface area contributed by atoms with Crippen molar-refractivity contribution in [3.8, 4) is 11.3 Å². The second-order valence-corrected chi connectivity index (χ2v) is 6.46. The highest BCUT2D eigenvalue weighted by Gasteiger charge is 2.16. The van der Waals surface area contributed by atoms with Crippen LogP contribution >= 0.6 is 0 Å².